The Morgan fingerprint density at radius 2 is 1.74 bits per heavy atom. The van der Waals surface area contributed by atoms with Crippen LogP contribution < -0.4 is 5.32 Å². The topological polar surface area (TPSA) is 97.2 Å². The summed E-state index contributed by atoms with van der Waals surface area (Å²) in [6, 6.07) is 15.4. The maximum Gasteiger partial charge on any atom is 0.252 e. The van der Waals surface area contributed by atoms with E-state index in [2.05, 4.69) is 15.4 Å². The van der Waals surface area contributed by atoms with Gasteiger partial charge in [-0.3, -0.25) is 24.6 Å². The van der Waals surface area contributed by atoms with Gasteiger partial charge in [-0.05, 0) is 43.7 Å². The number of amides is 3. The molecule has 0 radical (unpaired) electrons. The van der Waals surface area contributed by atoms with Crippen molar-refractivity contribution in [2.45, 2.75) is 46.2 Å². The van der Waals surface area contributed by atoms with Gasteiger partial charge in [-0.1, -0.05) is 44.2 Å². The van der Waals surface area contributed by atoms with Crippen molar-refractivity contribution in [2.24, 2.45) is 5.41 Å². The zero-order valence-electron chi connectivity index (χ0n) is 19.5. The number of halogens is 1. The smallest absolute Gasteiger partial charge is 0.252 e. The number of imide groups is 1. The van der Waals surface area contributed by atoms with Crippen LogP contribution in [-0.2, 0) is 20.9 Å². The number of likely N-dealkylation sites (tertiary alicyclic amines) is 1. The van der Waals surface area contributed by atoms with Gasteiger partial charge in [0.2, 0.25) is 17.8 Å². The fraction of sp³-hybridized carbons (Fsp3) is 0.320. The number of carbonyl (C=O) groups excluding carboxylic acids is 3. The predicted octanol–water partition coefficient (Wildman–Crippen LogP) is 3.63. The van der Waals surface area contributed by atoms with Crippen molar-refractivity contribution in [1.82, 2.24) is 19.7 Å². The molecule has 1 N–H and O–H groups in total. The molecule has 3 aromatic rings. The van der Waals surface area contributed by atoms with Gasteiger partial charge < -0.3 is 0 Å². The number of aromatic nitrogens is 3. The average Bonchev–Trinajstić information content (AvgIpc) is 3.25. The molecule has 34 heavy (non-hydrogen) atoms. The van der Waals surface area contributed by atoms with E-state index in [0.717, 1.165) is 10.5 Å². The molecule has 0 bridgehead atoms. The minimum atomic E-state index is -1.44. The highest BCUT2D eigenvalue weighted by Gasteiger charge is 2.53. The molecule has 0 spiro atoms. The molecule has 0 atom stereocenters. The lowest BCUT2D eigenvalue weighted by atomic mass is 9.91. The van der Waals surface area contributed by atoms with Crippen LogP contribution in [0.25, 0.3) is 11.4 Å². The molecule has 1 fully saturated rings. The van der Waals surface area contributed by atoms with E-state index in [4.69, 9.17) is 0 Å². The minimum absolute atomic E-state index is 0.0201. The quantitative estimate of drug-likeness (QED) is 0.563. The summed E-state index contributed by atoms with van der Waals surface area (Å²) in [5, 5.41) is 7.10. The van der Waals surface area contributed by atoms with Gasteiger partial charge in [-0.15, -0.1) is 5.10 Å². The van der Waals surface area contributed by atoms with Gasteiger partial charge in [0.15, 0.2) is 5.82 Å². The Balaban J connectivity index is 1.64. The lowest BCUT2D eigenvalue weighted by Crippen LogP contribution is -2.55. The molecule has 0 aliphatic carbocycles. The van der Waals surface area contributed by atoms with Crippen LogP contribution in [0, 0.1) is 11.2 Å². The minimum Gasteiger partial charge on any atom is -0.291 e. The van der Waals surface area contributed by atoms with E-state index in [9.17, 15) is 18.8 Å². The number of rotatable bonds is 6. The van der Waals surface area contributed by atoms with Crippen molar-refractivity contribution < 1.29 is 18.8 Å². The normalized spacial score (nSPS) is 15.6. The molecule has 1 saturated heterocycles. The van der Waals surface area contributed by atoms with Gasteiger partial charge in [-0.2, -0.15) is 4.98 Å². The second-order valence-corrected chi connectivity index (χ2v) is 9.52. The maximum atomic E-state index is 13.5. The Morgan fingerprint density at radius 3 is 2.32 bits per heavy atom. The predicted molar refractivity (Wildman–Crippen MR) is 124 cm³/mol. The van der Waals surface area contributed by atoms with Gasteiger partial charge in [0.25, 0.3) is 5.91 Å². The van der Waals surface area contributed by atoms with Crippen molar-refractivity contribution in [2.75, 3.05) is 5.32 Å². The summed E-state index contributed by atoms with van der Waals surface area (Å²) in [7, 11) is 0. The van der Waals surface area contributed by atoms with Crippen LogP contribution in [-0.4, -0.2) is 42.9 Å². The summed E-state index contributed by atoms with van der Waals surface area (Å²) < 4.78 is 15.1. The Bertz CT molecular complexity index is 1250. The van der Waals surface area contributed by atoms with Crippen molar-refractivity contribution in [3.63, 3.8) is 0 Å². The molecule has 1 aliphatic heterocycles. The number of nitrogens with zero attached hydrogens (tertiary/aromatic N) is 4. The van der Waals surface area contributed by atoms with Crippen molar-refractivity contribution >= 4 is 23.7 Å². The van der Waals surface area contributed by atoms with Gasteiger partial charge >= 0.3 is 0 Å². The standard InChI is InChI=1S/C25H26FN5O3/c1-24(2)14-19(32)31(22(24)34)25(3,4)21(33)28-23-27-20(17-10-12-18(26)13-11-17)30(29-23)15-16-8-6-5-7-9-16/h5-13H,14-15H2,1-4H3,(H,28,29,33). The monoisotopic (exact) mass is 463 g/mol. The summed E-state index contributed by atoms with van der Waals surface area (Å²) >= 11 is 0. The SMILES string of the molecule is CC1(C)CC(=O)N(C(C)(C)C(=O)Nc2nc(-c3ccc(F)cc3)n(Cc3ccccc3)n2)C1=O. The Hall–Kier alpha value is -3.88. The third kappa shape index (κ3) is 4.33. The van der Waals surface area contributed by atoms with E-state index in [1.54, 1.807) is 30.7 Å². The first-order valence-electron chi connectivity index (χ1n) is 10.9. The van der Waals surface area contributed by atoms with Crippen molar-refractivity contribution in [3.05, 3.63) is 66.0 Å². The molecule has 2 aromatic carbocycles. The second kappa shape index (κ2) is 8.48. The molecule has 8 nitrogen and oxygen atoms in total. The summed E-state index contributed by atoms with van der Waals surface area (Å²) in [4.78, 5) is 44.0. The van der Waals surface area contributed by atoms with E-state index < -0.39 is 28.7 Å². The molecule has 1 aromatic heterocycles. The van der Waals surface area contributed by atoms with Gasteiger partial charge in [0.05, 0.1) is 12.0 Å². The van der Waals surface area contributed by atoms with Crippen LogP contribution in [0.5, 0.6) is 0 Å². The van der Waals surface area contributed by atoms with Crippen LogP contribution in [0.2, 0.25) is 0 Å². The number of anilines is 1. The number of hydrogen-bond acceptors (Lipinski definition) is 5. The molecule has 176 valence electrons. The molecule has 3 amide bonds. The van der Waals surface area contributed by atoms with Crippen molar-refractivity contribution in [3.8, 4) is 11.4 Å². The number of benzene rings is 2. The molecule has 1 aliphatic rings. The zero-order chi connectivity index (χ0) is 24.7. The molecule has 9 heteroatoms. The first kappa shape index (κ1) is 23.3. The van der Waals surface area contributed by atoms with Crippen LogP contribution in [0.3, 0.4) is 0 Å². The largest absolute Gasteiger partial charge is 0.291 e. The first-order chi connectivity index (χ1) is 16.0. The third-order valence-electron chi connectivity index (χ3n) is 5.91. The van der Waals surface area contributed by atoms with Gasteiger partial charge in [0, 0.05) is 12.0 Å². The van der Waals surface area contributed by atoms with E-state index in [1.807, 2.05) is 30.3 Å². The van der Waals surface area contributed by atoms with E-state index in [0.29, 0.717) is 17.9 Å². The lowest BCUT2D eigenvalue weighted by molar-refractivity contribution is -0.151. The fourth-order valence-corrected chi connectivity index (χ4v) is 3.94. The molecule has 4 rings (SSSR count). The fourth-order valence-electron chi connectivity index (χ4n) is 3.94. The van der Waals surface area contributed by atoms with Crippen molar-refractivity contribution in [1.29, 1.82) is 0 Å². The number of hydrogen-bond donors (Lipinski definition) is 1. The molecular weight excluding hydrogens is 437 g/mol. The highest BCUT2D eigenvalue weighted by molar-refractivity contribution is 6.11. The summed E-state index contributed by atoms with van der Waals surface area (Å²) in [5.41, 5.74) is -0.719. The Kier molecular flexibility index (Phi) is 5.80. The van der Waals surface area contributed by atoms with E-state index in [-0.39, 0.29) is 18.2 Å². The maximum absolute atomic E-state index is 13.5. The molecule has 2 heterocycles. The molecular formula is C25H26FN5O3. The highest BCUT2D eigenvalue weighted by Crippen LogP contribution is 2.36. The summed E-state index contributed by atoms with van der Waals surface area (Å²) in [5.74, 6) is -1.31. The second-order valence-electron chi connectivity index (χ2n) is 9.52. The summed E-state index contributed by atoms with van der Waals surface area (Å²) in [6.45, 7) is 6.77. The first-order valence-corrected chi connectivity index (χ1v) is 10.9. The Labute approximate surface area is 196 Å². The van der Waals surface area contributed by atoms with Crippen LogP contribution in [0.15, 0.2) is 54.6 Å². The van der Waals surface area contributed by atoms with Gasteiger partial charge in [0.1, 0.15) is 11.4 Å². The lowest BCUT2D eigenvalue weighted by Gasteiger charge is -2.33. The van der Waals surface area contributed by atoms with Crippen LogP contribution in [0.1, 0.15) is 39.7 Å². The van der Waals surface area contributed by atoms with E-state index in [1.165, 1.54) is 26.0 Å². The van der Waals surface area contributed by atoms with Crippen LogP contribution in [0.4, 0.5) is 10.3 Å². The van der Waals surface area contributed by atoms with Crippen LogP contribution >= 0.6 is 0 Å². The highest BCUT2D eigenvalue weighted by atomic mass is 19.1. The van der Waals surface area contributed by atoms with Gasteiger partial charge in [-0.25, -0.2) is 9.07 Å². The summed E-state index contributed by atoms with van der Waals surface area (Å²) in [6.07, 6.45) is 0.0429. The van der Waals surface area contributed by atoms with E-state index >= 15 is 0 Å². The molecule has 0 unspecified atom stereocenters. The third-order valence-corrected chi connectivity index (χ3v) is 5.91. The number of carbonyl (C=O) groups is 3. The number of nitrogens with one attached hydrogen (secondary N) is 1. The molecule has 0 saturated carbocycles. The average molecular weight is 464 g/mol. The zero-order valence-corrected chi connectivity index (χ0v) is 19.5. The Morgan fingerprint density at radius 1 is 1.09 bits per heavy atom.